The topological polar surface area (TPSA) is 55.1 Å². The summed E-state index contributed by atoms with van der Waals surface area (Å²) in [6.45, 7) is 1.89. The first-order valence-electron chi connectivity index (χ1n) is 6.29. The van der Waals surface area contributed by atoms with Gasteiger partial charge in [-0.1, -0.05) is 37.3 Å². The maximum absolute atomic E-state index is 12.0. The Bertz CT molecular complexity index is 373. The lowest BCUT2D eigenvalue weighted by Gasteiger charge is -2.29. The molecule has 0 bridgehead atoms. The van der Waals surface area contributed by atoms with Crippen molar-refractivity contribution < 1.29 is 4.79 Å². The summed E-state index contributed by atoms with van der Waals surface area (Å²) >= 11 is 0. The molecule has 0 spiro atoms. The average Bonchev–Trinajstić information content (AvgIpc) is 2.32. The van der Waals surface area contributed by atoms with Crippen LogP contribution in [0, 0.1) is 5.92 Å². The van der Waals surface area contributed by atoms with Crippen molar-refractivity contribution >= 4 is 5.91 Å². The number of carbonyl (C=O) groups excluding carboxylic acids is 1. The summed E-state index contributed by atoms with van der Waals surface area (Å²) in [6.07, 6.45) is 3.45. The van der Waals surface area contributed by atoms with Gasteiger partial charge in [0.15, 0.2) is 0 Å². The molecule has 1 fully saturated rings. The molecule has 1 saturated carbocycles. The summed E-state index contributed by atoms with van der Waals surface area (Å²) in [6, 6.07) is 9.95. The fraction of sp³-hybridized carbons (Fsp3) is 0.500. The predicted molar refractivity (Wildman–Crippen MR) is 68.3 cm³/mol. The van der Waals surface area contributed by atoms with Crippen LogP contribution in [0.2, 0.25) is 0 Å². The van der Waals surface area contributed by atoms with Crippen molar-refractivity contribution in [3.05, 3.63) is 35.9 Å². The van der Waals surface area contributed by atoms with E-state index in [0.29, 0.717) is 6.04 Å². The molecule has 17 heavy (non-hydrogen) atoms. The van der Waals surface area contributed by atoms with Gasteiger partial charge in [0.1, 0.15) is 0 Å². The Morgan fingerprint density at radius 1 is 1.35 bits per heavy atom. The van der Waals surface area contributed by atoms with Gasteiger partial charge in [0, 0.05) is 12.1 Å². The summed E-state index contributed by atoms with van der Waals surface area (Å²) < 4.78 is 0. The molecule has 92 valence electrons. The Labute approximate surface area is 102 Å². The van der Waals surface area contributed by atoms with Gasteiger partial charge in [-0.3, -0.25) is 4.79 Å². The first-order chi connectivity index (χ1) is 8.18. The molecule has 2 rings (SSSR count). The van der Waals surface area contributed by atoms with E-state index in [9.17, 15) is 4.79 Å². The first-order valence-corrected chi connectivity index (χ1v) is 6.29. The zero-order valence-electron chi connectivity index (χ0n) is 10.2. The maximum atomic E-state index is 12.0. The van der Waals surface area contributed by atoms with Gasteiger partial charge in [-0.25, -0.2) is 0 Å². The fourth-order valence-electron chi connectivity index (χ4n) is 2.01. The van der Waals surface area contributed by atoms with Crippen LogP contribution in [0.25, 0.3) is 0 Å². The van der Waals surface area contributed by atoms with E-state index in [0.717, 1.165) is 18.4 Å². The third kappa shape index (κ3) is 2.86. The van der Waals surface area contributed by atoms with Gasteiger partial charge in [0.2, 0.25) is 5.91 Å². The van der Waals surface area contributed by atoms with Gasteiger partial charge in [0.05, 0.1) is 5.92 Å². The lowest BCUT2D eigenvalue weighted by Crippen LogP contribution is -2.44. The SMILES string of the molecule is CC(C(=O)NC1CCC1)C(N)c1ccccc1. The quantitative estimate of drug-likeness (QED) is 0.834. The number of amides is 1. The third-order valence-corrected chi connectivity index (χ3v) is 3.59. The van der Waals surface area contributed by atoms with Crippen LogP contribution < -0.4 is 11.1 Å². The highest BCUT2D eigenvalue weighted by atomic mass is 16.2. The monoisotopic (exact) mass is 232 g/mol. The summed E-state index contributed by atoms with van der Waals surface area (Å²) in [5.74, 6) is -0.107. The normalized spacial score (nSPS) is 19.2. The second-order valence-electron chi connectivity index (χ2n) is 4.86. The predicted octanol–water partition coefficient (Wildman–Crippen LogP) is 1.99. The Balaban J connectivity index is 1.94. The highest BCUT2D eigenvalue weighted by Crippen LogP contribution is 2.22. The molecule has 0 heterocycles. The lowest BCUT2D eigenvalue weighted by molar-refractivity contribution is -0.126. The minimum Gasteiger partial charge on any atom is -0.353 e. The van der Waals surface area contributed by atoms with Crippen LogP contribution in [0.1, 0.15) is 37.8 Å². The molecule has 1 aromatic rings. The Kier molecular flexibility index (Phi) is 3.79. The molecule has 1 aliphatic rings. The van der Waals surface area contributed by atoms with Crippen LogP contribution in [0.4, 0.5) is 0 Å². The van der Waals surface area contributed by atoms with Gasteiger partial charge in [0.25, 0.3) is 0 Å². The van der Waals surface area contributed by atoms with Crippen molar-refractivity contribution in [2.24, 2.45) is 11.7 Å². The van der Waals surface area contributed by atoms with Gasteiger partial charge >= 0.3 is 0 Å². The van der Waals surface area contributed by atoms with Gasteiger partial charge in [-0.05, 0) is 24.8 Å². The highest BCUT2D eigenvalue weighted by molar-refractivity contribution is 5.79. The number of hydrogen-bond acceptors (Lipinski definition) is 2. The number of nitrogens with two attached hydrogens (primary N) is 1. The van der Waals surface area contributed by atoms with E-state index in [-0.39, 0.29) is 17.9 Å². The first kappa shape index (κ1) is 12.1. The van der Waals surface area contributed by atoms with Crippen LogP contribution in [-0.4, -0.2) is 11.9 Å². The summed E-state index contributed by atoms with van der Waals surface area (Å²) in [5, 5.41) is 3.05. The number of rotatable bonds is 4. The maximum Gasteiger partial charge on any atom is 0.224 e. The summed E-state index contributed by atoms with van der Waals surface area (Å²) in [4.78, 5) is 12.0. The minimum atomic E-state index is -0.226. The minimum absolute atomic E-state index is 0.0750. The van der Waals surface area contributed by atoms with Crippen molar-refractivity contribution in [1.82, 2.24) is 5.32 Å². The van der Waals surface area contributed by atoms with Crippen LogP contribution in [0.5, 0.6) is 0 Å². The molecule has 0 aromatic heterocycles. The molecule has 1 aliphatic carbocycles. The van der Waals surface area contributed by atoms with E-state index in [1.54, 1.807) is 0 Å². The molecule has 0 radical (unpaired) electrons. The molecular formula is C14H20N2O. The average molecular weight is 232 g/mol. The van der Waals surface area contributed by atoms with Crippen molar-refractivity contribution in [1.29, 1.82) is 0 Å². The standard InChI is InChI=1S/C14H20N2O/c1-10(14(17)16-12-8-5-9-12)13(15)11-6-3-2-4-7-11/h2-4,6-7,10,12-13H,5,8-9,15H2,1H3,(H,16,17). The van der Waals surface area contributed by atoms with Gasteiger partial charge in [-0.2, -0.15) is 0 Å². The van der Waals surface area contributed by atoms with Crippen LogP contribution in [0.3, 0.4) is 0 Å². The molecule has 0 aliphatic heterocycles. The number of carbonyl (C=O) groups is 1. The fourth-order valence-corrected chi connectivity index (χ4v) is 2.01. The van der Waals surface area contributed by atoms with E-state index in [2.05, 4.69) is 5.32 Å². The van der Waals surface area contributed by atoms with E-state index in [4.69, 9.17) is 5.73 Å². The molecule has 3 heteroatoms. The van der Waals surface area contributed by atoms with Crippen molar-refractivity contribution in [2.45, 2.75) is 38.3 Å². The zero-order chi connectivity index (χ0) is 12.3. The number of benzene rings is 1. The third-order valence-electron chi connectivity index (χ3n) is 3.59. The summed E-state index contributed by atoms with van der Waals surface area (Å²) in [5.41, 5.74) is 7.13. The van der Waals surface area contributed by atoms with Crippen LogP contribution in [-0.2, 0) is 4.79 Å². The van der Waals surface area contributed by atoms with E-state index in [1.807, 2.05) is 37.3 Å². The molecule has 3 N–H and O–H groups in total. The summed E-state index contributed by atoms with van der Waals surface area (Å²) in [7, 11) is 0. The van der Waals surface area contributed by atoms with E-state index >= 15 is 0 Å². The van der Waals surface area contributed by atoms with Crippen molar-refractivity contribution in [3.8, 4) is 0 Å². The number of nitrogens with one attached hydrogen (secondary N) is 1. The molecular weight excluding hydrogens is 212 g/mol. The Morgan fingerprint density at radius 3 is 2.53 bits per heavy atom. The van der Waals surface area contributed by atoms with Crippen molar-refractivity contribution in [3.63, 3.8) is 0 Å². The Hall–Kier alpha value is -1.35. The Morgan fingerprint density at radius 2 is 2.00 bits per heavy atom. The van der Waals surface area contributed by atoms with Gasteiger partial charge < -0.3 is 11.1 Å². The van der Waals surface area contributed by atoms with E-state index in [1.165, 1.54) is 6.42 Å². The lowest BCUT2D eigenvalue weighted by atomic mass is 9.90. The van der Waals surface area contributed by atoms with E-state index < -0.39 is 0 Å². The molecule has 0 saturated heterocycles. The smallest absolute Gasteiger partial charge is 0.224 e. The second-order valence-corrected chi connectivity index (χ2v) is 4.86. The molecule has 1 amide bonds. The molecule has 1 aromatic carbocycles. The molecule has 3 nitrogen and oxygen atoms in total. The van der Waals surface area contributed by atoms with Gasteiger partial charge in [-0.15, -0.1) is 0 Å². The second kappa shape index (κ2) is 5.32. The molecule has 2 atom stereocenters. The zero-order valence-corrected chi connectivity index (χ0v) is 10.2. The van der Waals surface area contributed by atoms with Crippen LogP contribution >= 0.6 is 0 Å². The van der Waals surface area contributed by atoms with Crippen LogP contribution in [0.15, 0.2) is 30.3 Å². The van der Waals surface area contributed by atoms with Crippen molar-refractivity contribution in [2.75, 3.05) is 0 Å². The molecule has 2 unspecified atom stereocenters. The highest BCUT2D eigenvalue weighted by Gasteiger charge is 2.26. The largest absolute Gasteiger partial charge is 0.353 e. The number of hydrogen-bond donors (Lipinski definition) is 2.